The van der Waals surface area contributed by atoms with Gasteiger partial charge < -0.3 is 9.84 Å². The maximum Gasteiger partial charge on any atom is 0.295 e. The van der Waals surface area contributed by atoms with E-state index in [1.165, 1.54) is 10.2 Å². The van der Waals surface area contributed by atoms with Gasteiger partial charge in [0.1, 0.15) is 5.69 Å². The molecule has 0 radical (unpaired) electrons. The van der Waals surface area contributed by atoms with Crippen molar-refractivity contribution < 1.29 is 9.32 Å². The Hall–Kier alpha value is -3.87. The second kappa shape index (κ2) is 8.00. The average Bonchev–Trinajstić information content (AvgIpc) is 3.30. The van der Waals surface area contributed by atoms with E-state index in [2.05, 4.69) is 16.5 Å². The molecule has 7 nitrogen and oxygen atoms in total. The van der Waals surface area contributed by atoms with Gasteiger partial charge >= 0.3 is 0 Å². The maximum atomic E-state index is 13.2. The molecular weight excluding hydrogens is 404 g/mol. The second-order valence-electron chi connectivity index (χ2n) is 8.09. The van der Waals surface area contributed by atoms with E-state index in [0.29, 0.717) is 17.9 Å². The highest BCUT2D eigenvalue weighted by Gasteiger charge is 2.27. The first kappa shape index (κ1) is 20.1. The van der Waals surface area contributed by atoms with Crippen LogP contribution in [-0.2, 0) is 19.9 Å². The van der Waals surface area contributed by atoms with Crippen LogP contribution in [0.1, 0.15) is 40.2 Å². The zero-order chi connectivity index (χ0) is 22.2. The van der Waals surface area contributed by atoms with E-state index in [1.807, 2.05) is 48.5 Å². The first-order chi connectivity index (χ1) is 15.6. The summed E-state index contributed by atoms with van der Waals surface area (Å²) in [5.74, 6) is 0.219. The number of hydrogen-bond donors (Lipinski definition) is 1. The van der Waals surface area contributed by atoms with Crippen LogP contribution in [0.4, 0.5) is 5.69 Å². The minimum absolute atomic E-state index is 0.240. The summed E-state index contributed by atoms with van der Waals surface area (Å²) >= 11 is 0. The van der Waals surface area contributed by atoms with Gasteiger partial charge in [0.15, 0.2) is 11.5 Å². The fraction of sp³-hybridized carbons (Fsp3) is 0.240. The van der Waals surface area contributed by atoms with E-state index in [-0.39, 0.29) is 16.9 Å². The summed E-state index contributed by atoms with van der Waals surface area (Å²) < 4.78 is 8.94. The molecule has 7 heteroatoms. The van der Waals surface area contributed by atoms with Crippen molar-refractivity contribution in [3.05, 3.63) is 87.5 Å². The number of anilines is 1. The normalized spacial score (nSPS) is 13.1. The summed E-state index contributed by atoms with van der Waals surface area (Å²) in [5, 5.41) is 6.93. The highest BCUT2D eigenvalue weighted by molar-refractivity contribution is 6.05. The van der Waals surface area contributed by atoms with Gasteiger partial charge in [-0.25, -0.2) is 4.68 Å². The number of nitrogens with one attached hydrogen (secondary N) is 1. The Labute approximate surface area is 185 Å². The monoisotopic (exact) mass is 428 g/mol. The molecular formula is C25H24N4O3. The molecule has 0 saturated heterocycles. The standard InChI is InChI=1S/C25H24N4O3/c1-16-21(25(31)29(28(16)2)18-12-4-3-5-13-18)26-24(30)22-20-15-9-7-11-17-10-6-8-14-19(17)23(20)32-27-22/h3-6,8,10,12-14H,7,9,11,15H2,1-2H3,(H,26,30). The number of nitrogens with zero attached hydrogens (tertiary/aromatic N) is 3. The van der Waals surface area contributed by atoms with Crippen LogP contribution < -0.4 is 10.9 Å². The fourth-order valence-corrected chi connectivity index (χ4v) is 4.39. The molecule has 1 aliphatic carbocycles. The molecule has 1 aliphatic rings. The SMILES string of the molecule is Cc1c(NC(=O)c2noc3c2CCCCc2ccccc2-3)c(=O)n(-c2ccccc2)n1C. The first-order valence-corrected chi connectivity index (χ1v) is 10.8. The molecule has 0 spiro atoms. The van der Waals surface area contributed by atoms with E-state index >= 15 is 0 Å². The van der Waals surface area contributed by atoms with E-state index in [9.17, 15) is 9.59 Å². The lowest BCUT2D eigenvalue weighted by atomic mass is 9.91. The third-order valence-corrected chi connectivity index (χ3v) is 6.18. The molecule has 2 aromatic carbocycles. The van der Waals surface area contributed by atoms with E-state index in [0.717, 1.165) is 36.1 Å². The Morgan fingerprint density at radius 1 is 1.03 bits per heavy atom. The van der Waals surface area contributed by atoms with Crippen LogP contribution in [0.5, 0.6) is 0 Å². The van der Waals surface area contributed by atoms with E-state index in [1.54, 1.807) is 18.7 Å². The van der Waals surface area contributed by atoms with Crippen molar-refractivity contribution in [3.63, 3.8) is 0 Å². The van der Waals surface area contributed by atoms with Gasteiger partial charge in [0.05, 0.1) is 11.4 Å². The maximum absolute atomic E-state index is 13.2. The zero-order valence-electron chi connectivity index (χ0n) is 18.1. The predicted octanol–water partition coefficient (Wildman–Crippen LogP) is 4.27. The summed E-state index contributed by atoms with van der Waals surface area (Å²) in [6.07, 6.45) is 3.65. The number of fused-ring (bicyclic) bond motifs is 3. The molecule has 0 unspecified atom stereocenters. The molecule has 4 aromatic rings. The molecule has 2 heterocycles. The lowest BCUT2D eigenvalue weighted by Crippen LogP contribution is -2.23. The Kier molecular flexibility index (Phi) is 5.01. The van der Waals surface area contributed by atoms with Gasteiger partial charge in [-0.1, -0.05) is 47.6 Å². The molecule has 1 N–H and O–H groups in total. The van der Waals surface area contributed by atoms with E-state index in [4.69, 9.17) is 4.52 Å². The van der Waals surface area contributed by atoms with E-state index < -0.39 is 5.91 Å². The Morgan fingerprint density at radius 2 is 1.75 bits per heavy atom. The number of aryl methyl sites for hydroxylation is 1. The number of amides is 1. The summed E-state index contributed by atoms with van der Waals surface area (Å²) in [6, 6.07) is 17.4. The number of carbonyl (C=O) groups excluding carboxylic acids is 1. The third-order valence-electron chi connectivity index (χ3n) is 6.18. The minimum Gasteiger partial charge on any atom is -0.355 e. The number of carbonyl (C=O) groups is 1. The van der Waals surface area contributed by atoms with Gasteiger partial charge in [0, 0.05) is 18.2 Å². The molecule has 1 amide bonds. The summed E-state index contributed by atoms with van der Waals surface area (Å²) in [4.78, 5) is 26.4. The first-order valence-electron chi connectivity index (χ1n) is 10.8. The van der Waals surface area contributed by atoms with Crippen LogP contribution >= 0.6 is 0 Å². The van der Waals surface area contributed by atoms with Crippen LogP contribution in [0.2, 0.25) is 0 Å². The van der Waals surface area contributed by atoms with Gasteiger partial charge in [-0.3, -0.25) is 14.3 Å². The van der Waals surface area contributed by atoms with Crippen molar-refractivity contribution in [1.29, 1.82) is 0 Å². The number of aromatic nitrogens is 3. The quantitative estimate of drug-likeness (QED) is 0.528. The molecule has 5 rings (SSSR count). The molecule has 0 atom stereocenters. The molecule has 0 fully saturated rings. The van der Waals surface area contributed by atoms with Gasteiger partial charge in [0.25, 0.3) is 11.5 Å². The fourth-order valence-electron chi connectivity index (χ4n) is 4.39. The largest absolute Gasteiger partial charge is 0.355 e. The molecule has 32 heavy (non-hydrogen) atoms. The zero-order valence-corrected chi connectivity index (χ0v) is 18.1. The van der Waals surface area contributed by atoms with Crippen LogP contribution in [0, 0.1) is 6.92 Å². The average molecular weight is 428 g/mol. The van der Waals surface area contributed by atoms with Crippen molar-refractivity contribution in [3.8, 4) is 17.0 Å². The lowest BCUT2D eigenvalue weighted by molar-refractivity contribution is 0.101. The Balaban J connectivity index is 1.53. The molecule has 0 saturated carbocycles. The van der Waals surface area contributed by atoms with Crippen molar-refractivity contribution in [2.75, 3.05) is 5.32 Å². The topological polar surface area (TPSA) is 82.1 Å². The Bertz CT molecular complexity index is 1360. The van der Waals surface area contributed by atoms with Gasteiger partial charge in [-0.05, 0) is 50.3 Å². The highest BCUT2D eigenvalue weighted by atomic mass is 16.5. The van der Waals surface area contributed by atoms with Crippen LogP contribution in [0.25, 0.3) is 17.0 Å². The summed E-state index contributed by atoms with van der Waals surface area (Å²) in [6.45, 7) is 1.81. The second-order valence-corrected chi connectivity index (χ2v) is 8.09. The lowest BCUT2D eigenvalue weighted by Gasteiger charge is -2.12. The van der Waals surface area contributed by atoms with Crippen LogP contribution in [0.15, 0.2) is 63.9 Å². The smallest absolute Gasteiger partial charge is 0.295 e. The van der Waals surface area contributed by atoms with Crippen molar-refractivity contribution >= 4 is 11.6 Å². The number of hydrogen-bond acceptors (Lipinski definition) is 4. The molecule has 0 bridgehead atoms. The third kappa shape index (κ3) is 3.26. The predicted molar refractivity (Wildman–Crippen MR) is 122 cm³/mol. The molecule has 2 aromatic heterocycles. The minimum atomic E-state index is -0.431. The van der Waals surface area contributed by atoms with Gasteiger partial charge in [0.2, 0.25) is 0 Å². The summed E-state index contributed by atoms with van der Waals surface area (Å²) in [7, 11) is 1.79. The van der Waals surface area contributed by atoms with Crippen LogP contribution in [0.3, 0.4) is 0 Å². The van der Waals surface area contributed by atoms with Gasteiger partial charge in [-0.15, -0.1) is 0 Å². The highest BCUT2D eigenvalue weighted by Crippen LogP contribution is 2.33. The summed E-state index contributed by atoms with van der Waals surface area (Å²) in [5.41, 5.74) is 4.55. The van der Waals surface area contributed by atoms with Crippen molar-refractivity contribution in [2.45, 2.75) is 32.6 Å². The molecule has 0 aliphatic heterocycles. The number of benzene rings is 2. The van der Waals surface area contributed by atoms with Crippen LogP contribution in [-0.4, -0.2) is 20.4 Å². The molecule has 162 valence electrons. The Morgan fingerprint density at radius 3 is 2.56 bits per heavy atom. The van der Waals surface area contributed by atoms with Crippen molar-refractivity contribution in [1.82, 2.24) is 14.5 Å². The van der Waals surface area contributed by atoms with Crippen molar-refractivity contribution in [2.24, 2.45) is 7.05 Å². The number of rotatable bonds is 3. The number of para-hydroxylation sites is 1. The van der Waals surface area contributed by atoms with Gasteiger partial charge in [-0.2, -0.15) is 0 Å².